The maximum Gasteiger partial charge on any atom is 0.123 e. The van der Waals surface area contributed by atoms with Crippen LogP contribution in [0.15, 0.2) is 18.2 Å². The SMILES string of the molecule is CC(C)OCCCNC(C)c1cc(F)ccc1O. The smallest absolute Gasteiger partial charge is 0.123 e. The minimum atomic E-state index is -0.334. The molecule has 0 aliphatic rings. The maximum atomic E-state index is 13.1. The van der Waals surface area contributed by atoms with Gasteiger partial charge in [-0.05, 0) is 51.9 Å². The van der Waals surface area contributed by atoms with Crippen LogP contribution in [0.4, 0.5) is 4.39 Å². The van der Waals surface area contributed by atoms with Gasteiger partial charge in [-0.2, -0.15) is 0 Å². The Morgan fingerprint density at radius 1 is 1.33 bits per heavy atom. The number of aromatic hydroxyl groups is 1. The fraction of sp³-hybridized carbons (Fsp3) is 0.571. The van der Waals surface area contributed by atoms with Crippen LogP contribution in [-0.2, 0) is 4.74 Å². The molecule has 1 atom stereocenters. The standard InChI is InChI=1S/C14H22FNO2/c1-10(2)18-8-4-7-16-11(3)13-9-12(15)5-6-14(13)17/h5-6,9-11,16-17H,4,7-8H2,1-3H3. The van der Waals surface area contributed by atoms with E-state index in [1.54, 1.807) is 0 Å². The second kappa shape index (κ2) is 7.34. The molecule has 2 N–H and O–H groups in total. The van der Waals surface area contributed by atoms with E-state index in [4.69, 9.17) is 4.74 Å². The highest BCUT2D eigenvalue weighted by Gasteiger charge is 2.10. The first-order valence-electron chi connectivity index (χ1n) is 6.34. The van der Waals surface area contributed by atoms with Crippen molar-refractivity contribution in [2.45, 2.75) is 39.3 Å². The zero-order valence-corrected chi connectivity index (χ0v) is 11.2. The van der Waals surface area contributed by atoms with E-state index in [1.807, 2.05) is 20.8 Å². The van der Waals surface area contributed by atoms with Crippen molar-refractivity contribution in [3.8, 4) is 5.75 Å². The Kier molecular flexibility index (Phi) is 6.09. The van der Waals surface area contributed by atoms with Crippen LogP contribution in [0, 0.1) is 5.82 Å². The number of benzene rings is 1. The summed E-state index contributed by atoms with van der Waals surface area (Å²) in [5.41, 5.74) is 0.583. The second-order valence-electron chi connectivity index (χ2n) is 4.65. The van der Waals surface area contributed by atoms with Crippen LogP contribution in [-0.4, -0.2) is 24.4 Å². The van der Waals surface area contributed by atoms with Gasteiger partial charge in [-0.3, -0.25) is 0 Å². The highest BCUT2D eigenvalue weighted by atomic mass is 19.1. The molecule has 102 valence electrons. The molecular formula is C14H22FNO2. The summed E-state index contributed by atoms with van der Waals surface area (Å²) in [4.78, 5) is 0. The fourth-order valence-electron chi connectivity index (χ4n) is 1.69. The molecule has 0 aliphatic heterocycles. The van der Waals surface area contributed by atoms with Gasteiger partial charge in [0.2, 0.25) is 0 Å². The lowest BCUT2D eigenvalue weighted by Crippen LogP contribution is -2.21. The van der Waals surface area contributed by atoms with Crippen LogP contribution in [0.1, 0.15) is 38.8 Å². The molecule has 0 saturated heterocycles. The predicted octanol–water partition coefficient (Wildman–Crippen LogP) is 3.00. The van der Waals surface area contributed by atoms with E-state index in [2.05, 4.69) is 5.32 Å². The van der Waals surface area contributed by atoms with Gasteiger partial charge in [-0.15, -0.1) is 0 Å². The predicted molar refractivity (Wildman–Crippen MR) is 70.2 cm³/mol. The third kappa shape index (κ3) is 5.02. The van der Waals surface area contributed by atoms with Gasteiger partial charge >= 0.3 is 0 Å². The van der Waals surface area contributed by atoms with E-state index >= 15 is 0 Å². The molecule has 0 heterocycles. The molecule has 1 aromatic carbocycles. The summed E-state index contributed by atoms with van der Waals surface area (Å²) in [7, 11) is 0. The molecule has 1 unspecified atom stereocenters. The highest BCUT2D eigenvalue weighted by Crippen LogP contribution is 2.24. The van der Waals surface area contributed by atoms with Crippen LogP contribution in [0.25, 0.3) is 0 Å². The number of phenols is 1. The zero-order chi connectivity index (χ0) is 13.5. The second-order valence-corrected chi connectivity index (χ2v) is 4.65. The molecule has 18 heavy (non-hydrogen) atoms. The van der Waals surface area contributed by atoms with E-state index in [0.717, 1.165) is 13.0 Å². The Hall–Kier alpha value is -1.13. The zero-order valence-electron chi connectivity index (χ0n) is 11.2. The highest BCUT2D eigenvalue weighted by molar-refractivity contribution is 5.34. The van der Waals surface area contributed by atoms with Crippen molar-refractivity contribution < 1.29 is 14.2 Å². The molecule has 0 aliphatic carbocycles. The number of rotatable bonds is 7. The molecule has 1 rings (SSSR count). The Bertz CT molecular complexity index is 369. The van der Waals surface area contributed by atoms with Gasteiger partial charge in [-0.25, -0.2) is 4.39 Å². The summed E-state index contributed by atoms with van der Waals surface area (Å²) < 4.78 is 18.5. The third-order valence-electron chi connectivity index (χ3n) is 2.68. The van der Waals surface area contributed by atoms with Gasteiger partial charge < -0.3 is 15.2 Å². The average Bonchev–Trinajstić information content (AvgIpc) is 2.31. The largest absolute Gasteiger partial charge is 0.508 e. The van der Waals surface area contributed by atoms with E-state index < -0.39 is 0 Å². The van der Waals surface area contributed by atoms with Crippen molar-refractivity contribution in [2.75, 3.05) is 13.2 Å². The Labute approximate surface area is 108 Å². The van der Waals surface area contributed by atoms with E-state index in [0.29, 0.717) is 12.2 Å². The molecule has 0 saturated carbocycles. The van der Waals surface area contributed by atoms with E-state index in [9.17, 15) is 9.50 Å². The van der Waals surface area contributed by atoms with Gasteiger partial charge in [0.1, 0.15) is 11.6 Å². The lowest BCUT2D eigenvalue weighted by molar-refractivity contribution is 0.0768. The van der Waals surface area contributed by atoms with Crippen molar-refractivity contribution in [1.82, 2.24) is 5.32 Å². The first-order valence-corrected chi connectivity index (χ1v) is 6.34. The number of nitrogens with one attached hydrogen (secondary N) is 1. The van der Waals surface area contributed by atoms with Gasteiger partial charge in [-0.1, -0.05) is 0 Å². The van der Waals surface area contributed by atoms with Gasteiger partial charge in [0.25, 0.3) is 0 Å². The maximum absolute atomic E-state index is 13.1. The number of halogens is 1. The lowest BCUT2D eigenvalue weighted by atomic mass is 10.1. The van der Waals surface area contributed by atoms with Gasteiger partial charge in [0.15, 0.2) is 0 Å². The molecule has 0 amide bonds. The number of phenolic OH excluding ortho intramolecular Hbond substituents is 1. The Morgan fingerprint density at radius 2 is 2.06 bits per heavy atom. The molecule has 1 aromatic rings. The number of ether oxygens (including phenoxy) is 1. The number of hydrogen-bond acceptors (Lipinski definition) is 3. The minimum Gasteiger partial charge on any atom is -0.508 e. The summed E-state index contributed by atoms with van der Waals surface area (Å²) in [6.07, 6.45) is 1.13. The van der Waals surface area contributed by atoms with Crippen LogP contribution in [0.5, 0.6) is 5.75 Å². The molecule has 4 heteroatoms. The van der Waals surface area contributed by atoms with Crippen LogP contribution < -0.4 is 5.32 Å². The first kappa shape index (κ1) is 14.9. The van der Waals surface area contributed by atoms with Crippen molar-refractivity contribution in [2.24, 2.45) is 0 Å². The molecule has 0 spiro atoms. The first-order chi connectivity index (χ1) is 8.50. The van der Waals surface area contributed by atoms with E-state index in [1.165, 1.54) is 18.2 Å². The minimum absolute atomic E-state index is 0.0836. The number of hydrogen-bond donors (Lipinski definition) is 2. The Balaban J connectivity index is 2.36. The molecule has 0 bridgehead atoms. The lowest BCUT2D eigenvalue weighted by Gasteiger charge is -2.16. The molecule has 0 aromatic heterocycles. The normalized spacial score (nSPS) is 12.9. The molecule has 0 fully saturated rings. The van der Waals surface area contributed by atoms with Crippen LogP contribution in [0.3, 0.4) is 0 Å². The van der Waals surface area contributed by atoms with Crippen LogP contribution >= 0.6 is 0 Å². The topological polar surface area (TPSA) is 41.5 Å². The summed E-state index contributed by atoms with van der Waals surface area (Å²) >= 11 is 0. The summed E-state index contributed by atoms with van der Waals surface area (Å²) in [6.45, 7) is 7.37. The van der Waals surface area contributed by atoms with Gasteiger partial charge in [0, 0.05) is 18.2 Å². The average molecular weight is 255 g/mol. The van der Waals surface area contributed by atoms with Crippen LogP contribution in [0.2, 0.25) is 0 Å². The van der Waals surface area contributed by atoms with Gasteiger partial charge in [0.05, 0.1) is 6.10 Å². The van der Waals surface area contributed by atoms with Crippen molar-refractivity contribution in [1.29, 1.82) is 0 Å². The van der Waals surface area contributed by atoms with Crippen molar-refractivity contribution in [3.05, 3.63) is 29.6 Å². The molecule has 3 nitrogen and oxygen atoms in total. The summed E-state index contributed by atoms with van der Waals surface area (Å²) in [5, 5.41) is 12.9. The van der Waals surface area contributed by atoms with Crippen molar-refractivity contribution in [3.63, 3.8) is 0 Å². The molecular weight excluding hydrogens is 233 g/mol. The Morgan fingerprint density at radius 3 is 2.72 bits per heavy atom. The van der Waals surface area contributed by atoms with E-state index in [-0.39, 0.29) is 23.7 Å². The third-order valence-corrected chi connectivity index (χ3v) is 2.68. The fourth-order valence-corrected chi connectivity index (χ4v) is 1.69. The van der Waals surface area contributed by atoms with Crippen molar-refractivity contribution >= 4 is 0 Å². The monoisotopic (exact) mass is 255 g/mol. The summed E-state index contributed by atoms with van der Waals surface area (Å²) in [5.74, 6) is -0.213. The summed E-state index contributed by atoms with van der Waals surface area (Å²) in [6, 6.07) is 3.91. The quantitative estimate of drug-likeness (QED) is 0.736. The molecule has 0 radical (unpaired) electrons.